The smallest absolute Gasteiger partial charge is 0.394 e. The lowest BCUT2D eigenvalue weighted by Crippen LogP contribution is -2.34. The number of alkyl halides is 5. The molecule has 1 N–H and O–H groups in total. The number of aromatic nitrogens is 3. The highest BCUT2D eigenvalue weighted by Crippen LogP contribution is 2.41. The first kappa shape index (κ1) is 33.6. The highest BCUT2D eigenvalue weighted by Gasteiger charge is 2.47. The van der Waals surface area contributed by atoms with Crippen molar-refractivity contribution < 1.29 is 39.9 Å². The summed E-state index contributed by atoms with van der Waals surface area (Å²) in [6.07, 6.45) is 0.632. The van der Waals surface area contributed by atoms with Crippen LogP contribution in [0.25, 0.3) is 5.82 Å². The molecule has 2 heterocycles. The Morgan fingerprint density at radius 1 is 1.23 bits per heavy atom. The van der Waals surface area contributed by atoms with Crippen LogP contribution in [0.5, 0.6) is 5.75 Å². The first-order valence-corrected chi connectivity index (χ1v) is 13.7. The maximum absolute atomic E-state index is 13.4. The van der Waals surface area contributed by atoms with Crippen molar-refractivity contribution >= 4 is 29.1 Å². The van der Waals surface area contributed by atoms with Gasteiger partial charge in [-0.15, -0.1) is 0 Å². The second-order valence-corrected chi connectivity index (χ2v) is 10.9. The highest BCUT2D eigenvalue weighted by molar-refractivity contribution is 7.51. The third-order valence-corrected chi connectivity index (χ3v) is 7.19. The molecule has 1 aliphatic carbocycles. The molecule has 0 radical (unpaired) electrons. The van der Waals surface area contributed by atoms with Crippen LogP contribution in [0.4, 0.5) is 22.0 Å². The Bertz CT molecular complexity index is 1190. The molecule has 1 saturated carbocycles. The van der Waals surface area contributed by atoms with Crippen LogP contribution in [0.1, 0.15) is 75.3 Å². The number of ether oxygens (including phenoxy) is 1. The SMILES string of the molecule is CCc1nc(C(=O)NCC2CCC(C)CC2)c(Cl)n1-c1ncc(CC(C)(C)C(F)(F)F)cc1OC(F)F.O=S=O. The summed E-state index contributed by atoms with van der Waals surface area (Å²) in [5, 5.41) is 2.71. The van der Waals surface area contributed by atoms with Crippen LogP contribution in [0.2, 0.25) is 5.15 Å². The number of nitrogens with zero attached hydrogens (tertiary/aromatic N) is 3. The lowest BCUT2D eigenvalue weighted by atomic mass is 9.83. The van der Waals surface area contributed by atoms with E-state index in [-0.39, 0.29) is 34.5 Å². The molecule has 2 aromatic heterocycles. The van der Waals surface area contributed by atoms with Crippen molar-refractivity contribution in [2.75, 3.05) is 6.54 Å². The van der Waals surface area contributed by atoms with E-state index in [4.69, 9.17) is 20.0 Å². The molecule has 0 atom stereocenters. The molecule has 0 bridgehead atoms. The van der Waals surface area contributed by atoms with E-state index in [9.17, 15) is 26.7 Å². The molecule has 0 aromatic carbocycles. The first-order valence-electron chi connectivity index (χ1n) is 12.6. The van der Waals surface area contributed by atoms with Gasteiger partial charge in [0.05, 0.1) is 5.41 Å². The number of pyridine rings is 1. The molecular formula is C25H32ClF5N4O4S. The van der Waals surface area contributed by atoms with E-state index in [0.29, 0.717) is 18.4 Å². The van der Waals surface area contributed by atoms with Gasteiger partial charge in [-0.25, -0.2) is 9.97 Å². The third-order valence-electron chi connectivity index (χ3n) is 6.84. The summed E-state index contributed by atoms with van der Waals surface area (Å²) in [4.78, 5) is 21.3. The second kappa shape index (κ2) is 14.3. The van der Waals surface area contributed by atoms with Crippen molar-refractivity contribution in [3.05, 3.63) is 34.5 Å². The van der Waals surface area contributed by atoms with Gasteiger partial charge >= 0.3 is 24.4 Å². The Morgan fingerprint density at radius 3 is 2.35 bits per heavy atom. The largest absolute Gasteiger partial charge is 0.431 e. The van der Waals surface area contributed by atoms with Gasteiger partial charge in [0.1, 0.15) is 11.0 Å². The standard InChI is InChI=1S/C25H32ClF5N4O2.O2S/c1-5-18-34-19(22(36)33-12-15-8-6-14(2)7-9-15)20(26)35(18)21-17(37-23(27)28)10-16(13-32-21)11-24(3,4)25(29,30)31;1-3-2/h10,13-15,23H,5-9,11-12H2,1-4H3,(H,33,36);. The van der Waals surface area contributed by atoms with Gasteiger partial charge in [0.15, 0.2) is 17.3 Å². The average Bonchev–Trinajstić information content (AvgIpc) is 3.19. The number of carbonyl (C=O) groups excluding carboxylic acids is 1. The molecule has 15 heteroatoms. The van der Waals surface area contributed by atoms with Crippen molar-refractivity contribution in [1.29, 1.82) is 0 Å². The fourth-order valence-electron chi connectivity index (χ4n) is 4.43. The van der Waals surface area contributed by atoms with Gasteiger partial charge in [0.2, 0.25) is 0 Å². The highest BCUT2D eigenvalue weighted by atomic mass is 35.5. The van der Waals surface area contributed by atoms with Gasteiger partial charge in [-0.2, -0.15) is 30.4 Å². The summed E-state index contributed by atoms with van der Waals surface area (Å²) < 4.78 is 89.0. The molecular weight excluding hydrogens is 583 g/mol. The van der Waals surface area contributed by atoms with Crippen LogP contribution in [0.3, 0.4) is 0 Å². The van der Waals surface area contributed by atoms with Crippen molar-refractivity contribution in [2.45, 2.75) is 79.0 Å². The van der Waals surface area contributed by atoms with Crippen LogP contribution in [0, 0.1) is 17.3 Å². The molecule has 8 nitrogen and oxygen atoms in total. The van der Waals surface area contributed by atoms with Crippen molar-refractivity contribution in [3.8, 4) is 11.6 Å². The number of amides is 1. The summed E-state index contributed by atoms with van der Waals surface area (Å²) in [6.45, 7) is 3.16. The first-order chi connectivity index (χ1) is 18.6. The predicted octanol–water partition coefficient (Wildman–Crippen LogP) is 6.10. The van der Waals surface area contributed by atoms with Crippen molar-refractivity contribution in [2.24, 2.45) is 17.3 Å². The fraction of sp³-hybridized carbons (Fsp3) is 0.640. The Hall–Kier alpha value is -2.61. The summed E-state index contributed by atoms with van der Waals surface area (Å²) in [7, 11) is 0. The van der Waals surface area contributed by atoms with E-state index >= 15 is 0 Å². The summed E-state index contributed by atoms with van der Waals surface area (Å²) in [5.74, 6) is 0.125. The minimum atomic E-state index is -4.52. The molecule has 0 unspecified atom stereocenters. The van der Waals surface area contributed by atoms with Gasteiger partial charge in [0.25, 0.3) is 5.91 Å². The van der Waals surface area contributed by atoms with Crippen LogP contribution < -0.4 is 10.1 Å². The van der Waals surface area contributed by atoms with Gasteiger partial charge < -0.3 is 10.1 Å². The third kappa shape index (κ3) is 8.69. The van der Waals surface area contributed by atoms with Crippen molar-refractivity contribution in [3.63, 3.8) is 0 Å². The van der Waals surface area contributed by atoms with E-state index < -0.39 is 47.9 Å². The monoisotopic (exact) mass is 614 g/mol. The fourth-order valence-corrected chi connectivity index (χ4v) is 4.74. The topological polar surface area (TPSA) is 103 Å². The number of nitrogens with one attached hydrogen (secondary N) is 1. The minimum Gasteiger partial charge on any atom is -0.431 e. The molecule has 0 spiro atoms. The normalized spacial score (nSPS) is 17.7. The maximum Gasteiger partial charge on any atom is 0.394 e. The quantitative estimate of drug-likeness (QED) is 0.342. The molecule has 1 fully saturated rings. The predicted molar refractivity (Wildman–Crippen MR) is 138 cm³/mol. The zero-order valence-corrected chi connectivity index (χ0v) is 24.1. The number of carbonyl (C=O) groups is 1. The zero-order chi connectivity index (χ0) is 30.3. The van der Waals surface area contributed by atoms with Gasteiger partial charge in [-0.1, -0.05) is 52.1 Å². The summed E-state index contributed by atoms with van der Waals surface area (Å²) in [6, 6.07) is 1.08. The van der Waals surface area contributed by atoms with Gasteiger partial charge in [-0.05, 0) is 42.7 Å². The Morgan fingerprint density at radius 2 is 1.82 bits per heavy atom. The number of hydrogen-bond acceptors (Lipinski definition) is 6. The van der Waals surface area contributed by atoms with E-state index in [1.165, 1.54) is 4.57 Å². The number of imidazole rings is 1. The lowest BCUT2D eigenvalue weighted by molar-refractivity contribution is -0.211. The molecule has 0 saturated heterocycles. The van der Waals surface area contributed by atoms with Crippen LogP contribution in [-0.4, -0.2) is 48.2 Å². The zero-order valence-electron chi connectivity index (χ0n) is 22.5. The minimum absolute atomic E-state index is 0.0516. The molecule has 1 aliphatic rings. The lowest BCUT2D eigenvalue weighted by Gasteiger charge is -2.27. The Balaban J connectivity index is 0.00000178. The average molecular weight is 615 g/mol. The molecule has 40 heavy (non-hydrogen) atoms. The number of aryl methyl sites for hydroxylation is 1. The Labute approximate surface area is 237 Å². The van der Waals surface area contributed by atoms with Gasteiger partial charge in [-0.3, -0.25) is 9.36 Å². The second-order valence-electron chi connectivity index (χ2n) is 10.4. The van der Waals surface area contributed by atoms with Crippen LogP contribution >= 0.6 is 11.6 Å². The van der Waals surface area contributed by atoms with Crippen LogP contribution in [-0.2, 0) is 24.4 Å². The molecule has 2 aromatic rings. The molecule has 0 aliphatic heterocycles. The number of hydrogen-bond donors (Lipinski definition) is 1. The summed E-state index contributed by atoms with van der Waals surface area (Å²) >= 11 is 5.75. The summed E-state index contributed by atoms with van der Waals surface area (Å²) in [5.41, 5.74) is -2.16. The number of rotatable bonds is 9. The molecule has 1 amide bonds. The van der Waals surface area contributed by atoms with Crippen molar-refractivity contribution in [1.82, 2.24) is 19.9 Å². The van der Waals surface area contributed by atoms with Crippen LogP contribution in [0.15, 0.2) is 12.3 Å². The molecule has 3 rings (SSSR count). The number of halogens is 6. The van der Waals surface area contributed by atoms with E-state index in [0.717, 1.165) is 51.8 Å². The van der Waals surface area contributed by atoms with E-state index in [2.05, 4.69) is 26.9 Å². The van der Waals surface area contributed by atoms with Gasteiger partial charge in [0, 0.05) is 19.2 Å². The maximum atomic E-state index is 13.4. The van der Waals surface area contributed by atoms with E-state index in [1.807, 2.05) is 0 Å². The molecule has 224 valence electrons. The Kier molecular flexibility index (Phi) is 12.0. The van der Waals surface area contributed by atoms with E-state index in [1.54, 1.807) is 6.92 Å².